The van der Waals surface area contributed by atoms with Crippen LogP contribution in [0.15, 0.2) is 36.1 Å². The highest BCUT2D eigenvalue weighted by Crippen LogP contribution is 2.14. The maximum Gasteiger partial charge on any atom is 0.307 e. The van der Waals surface area contributed by atoms with Crippen LogP contribution < -0.4 is 10.3 Å². The quantitative estimate of drug-likeness (QED) is 0.411. The maximum absolute atomic E-state index is 7.40. The van der Waals surface area contributed by atoms with Gasteiger partial charge in [0.05, 0.1) is 0 Å². The highest BCUT2D eigenvalue weighted by atomic mass is 32.1. The first-order valence-corrected chi connectivity index (χ1v) is 6.47. The van der Waals surface area contributed by atoms with E-state index in [1.807, 2.05) is 35.6 Å². The number of amidine groups is 1. The van der Waals surface area contributed by atoms with Crippen molar-refractivity contribution in [1.29, 1.82) is 5.41 Å². The number of hydrogen-bond acceptors (Lipinski definition) is 2. The second-order valence-corrected chi connectivity index (χ2v) is 5.23. The molecule has 3 rings (SSSR count). The van der Waals surface area contributed by atoms with Gasteiger partial charge in [-0.05, 0) is 6.07 Å². The van der Waals surface area contributed by atoms with Crippen molar-refractivity contribution in [3.8, 4) is 0 Å². The van der Waals surface area contributed by atoms with Crippen LogP contribution in [0, 0.1) is 5.41 Å². The molecule has 0 radical (unpaired) electrons. The van der Waals surface area contributed by atoms with E-state index in [2.05, 4.69) is 21.3 Å². The molecule has 0 atom stereocenters. The van der Waals surface area contributed by atoms with E-state index in [1.165, 1.54) is 4.88 Å². The first kappa shape index (κ1) is 11.0. The Morgan fingerprint density at radius 2 is 2.33 bits per heavy atom. The van der Waals surface area contributed by atoms with Crippen molar-refractivity contribution in [2.45, 2.75) is 6.54 Å². The molecule has 18 heavy (non-hydrogen) atoms. The molecule has 5 nitrogen and oxygen atoms in total. The molecule has 0 aliphatic carbocycles. The minimum absolute atomic E-state index is 0.129. The first-order chi connectivity index (χ1) is 8.65. The van der Waals surface area contributed by atoms with Gasteiger partial charge in [0.25, 0.3) is 0 Å². The normalized spacial score (nSPS) is 11.2. The largest absolute Gasteiger partial charge is 0.384 e. The predicted molar refractivity (Wildman–Crippen MR) is 71.0 cm³/mol. The molecule has 0 amide bonds. The summed E-state index contributed by atoms with van der Waals surface area (Å²) in [5, 5.41) is 9.33. The van der Waals surface area contributed by atoms with Crippen LogP contribution in [0.2, 0.25) is 0 Å². The van der Waals surface area contributed by atoms with Gasteiger partial charge in [-0.15, -0.1) is 15.9 Å². The number of thiophene rings is 1. The molecule has 0 saturated carbocycles. The topological polar surface area (TPSA) is 63.1 Å². The third-order valence-electron chi connectivity index (χ3n) is 2.99. The van der Waals surface area contributed by atoms with Gasteiger partial charge in [-0.25, -0.2) is 9.25 Å². The van der Waals surface area contributed by atoms with Crippen molar-refractivity contribution in [1.82, 2.24) is 9.20 Å². The number of imidazole rings is 1. The summed E-state index contributed by atoms with van der Waals surface area (Å²) in [5.41, 5.74) is 7.42. The second-order valence-electron chi connectivity index (χ2n) is 4.23. The Morgan fingerprint density at radius 1 is 1.50 bits per heavy atom. The molecule has 0 aliphatic heterocycles. The molecule has 3 aromatic rings. The van der Waals surface area contributed by atoms with Crippen molar-refractivity contribution in [2.24, 2.45) is 12.8 Å². The smallest absolute Gasteiger partial charge is 0.307 e. The molecule has 0 bridgehead atoms. The Balaban J connectivity index is 1.93. The van der Waals surface area contributed by atoms with Gasteiger partial charge in [0.15, 0.2) is 6.20 Å². The number of nitrogens with one attached hydrogen (secondary N) is 1. The van der Waals surface area contributed by atoms with Gasteiger partial charge >= 0.3 is 5.65 Å². The second kappa shape index (κ2) is 3.99. The van der Waals surface area contributed by atoms with Crippen LogP contribution >= 0.6 is 11.3 Å². The lowest BCUT2D eigenvalue weighted by Gasteiger charge is -1.93. The van der Waals surface area contributed by atoms with Crippen LogP contribution in [0.3, 0.4) is 0 Å². The molecule has 3 N–H and O–H groups in total. The van der Waals surface area contributed by atoms with Gasteiger partial charge in [-0.1, -0.05) is 0 Å². The van der Waals surface area contributed by atoms with Crippen molar-refractivity contribution < 1.29 is 4.57 Å². The van der Waals surface area contributed by atoms with Crippen LogP contribution in [0.4, 0.5) is 0 Å². The van der Waals surface area contributed by atoms with E-state index >= 15 is 0 Å². The number of nitrogens with zero attached hydrogens (tertiary/aromatic N) is 3. The minimum Gasteiger partial charge on any atom is -0.384 e. The number of nitrogen functional groups attached to an aromatic ring is 1. The highest BCUT2D eigenvalue weighted by Gasteiger charge is 2.13. The molecule has 0 aromatic carbocycles. The maximum atomic E-state index is 7.40. The number of hydrogen-bond donors (Lipinski definition) is 2. The number of aromatic nitrogens is 3. The Bertz CT molecular complexity index is 718. The van der Waals surface area contributed by atoms with Crippen molar-refractivity contribution >= 4 is 22.8 Å². The van der Waals surface area contributed by atoms with E-state index in [4.69, 9.17) is 11.1 Å². The van der Waals surface area contributed by atoms with E-state index in [-0.39, 0.29) is 5.84 Å². The summed E-state index contributed by atoms with van der Waals surface area (Å²) in [4.78, 5) is 1.20. The highest BCUT2D eigenvalue weighted by molar-refractivity contribution is 7.10. The zero-order chi connectivity index (χ0) is 12.7. The fourth-order valence-corrected chi connectivity index (χ4v) is 2.90. The van der Waals surface area contributed by atoms with Gasteiger partial charge in [-0.3, -0.25) is 5.41 Å². The van der Waals surface area contributed by atoms with Crippen LogP contribution in [-0.4, -0.2) is 15.0 Å². The Kier molecular flexibility index (Phi) is 2.45. The van der Waals surface area contributed by atoms with E-state index < -0.39 is 0 Å². The van der Waals surface area contributed by atoms with Gasteiger partial charge in [-0.2, -0.15) is 0 Å². The molecule has 3 heterocycles. The fourth-order valence-electron chi connectivity index (χ4n) is 2.02. The average molecular weight is 260 g/mol. The first-order valence-electron chi connectivity index (χ1n) is 5.59. The molecular weight excluding hydrogens is 246 g/mol. The summed E-state index contributed by atoms with van der Waals surface area (Å²) < 4.78 is 6.29. The zero-order valence-electron chi connectivity index (χ0n) is 10.00. The number of rotatable bonds is 3. The summed E-state index contributed by atoms with van der Waals surface area (Å²) in [6, 6.07) is 4.06. The number of aryl methyl sites for hydroxylation is 1. The van der Waals surface area contributed by atoms with Gasteiger partial charge < -0.3 is 5.73 Å². The molecule has 0 unspecified atom stereocenters. The van der Waals surface area contributed by atoms with Crippen LogP contribution in [-0.2, 0) is 13.6 Å². The SMILES string of the molecule is Cn1ccc2n1cc[n+]2Cc1cc(C(=N)N)cs1. The lowest BCUT2D eigenvalue weighted by Crippen LogP contribution is -2.32. The number of nitrogens with two attached hydrogens (primary N) is 1. The molecule has 0 spiro atoms. The van der Waals surface area contributed by atoms with Crippen molar-refractivity contribution in [3.05, 3.63) is 46.5 Å². The van der Waals surface area contributed by atoms with Crippen LogP contribution in [0.1, 0.15) is 10.4 Å². The average Bonchev–Trinajstić information content (AvgIpc) is 2.99. The van der Waals surface area contributed by atoms with Crippen molar-refractivity contribution in [3.63, 3.8) is 0 Å². The molecule has 0 saturated heterocycles. The Morgan fingerprint density at radius 3 is 3.06 bits per heavy atom. The summed E-state index contributed by atoms with van der Waals surface area (Å²) >= 11 is 1.63. The zero-order valence-corrected chi connectivity index (χ0v) is 10.8. The third-order valence-corrected chi connectivity index (χ3v) is 3.91. The fraction of sp³-hybridized carbons (Fsp3) is 0.167. The Hall–Kier alpha value is -2.08. The van der Waals surface area contributed by atoms with Crippen molar-refractivity contribution in [2.75, 3.05) is 0 Å². The Labute approximate surface area is 108 Å². The lowest BCUT2D eigenvalue weighted by molar-refractivity contribution is -0.661. The monoisotopic (exact) mass is 260 g/mol. The molecule has 0 fully saturated rings. The minimum atomic E-state index is 0.129. The van der Waals surface area contributed by atoms with E-state index in [9.17, 15) is 0 Å². The molecule has 6 heteroatoms. The summed E-state index contributed by atoms with van der Waals surface area (Å²) in [6.45, 7) is 0.804. The lowest BCUT2D eigenvalue weighted by atomic mass is 10.3. The van der Waals surface area contributed by atoms with E-state index in [0.717, 1.165) is 17.8 Å². The summed E-state index contributed by atoms with van der Waals surface area (Å²) in [6.07, 6.45) is 6.12. The summed E-state index contributed by atoms with van der Waals surface area (Å²) in [5.74, 6) is 0.129. The third kappa shape index (κ3) is 1.70. The van der Waals surface area contributed by atoms with Crippen LogP contribution in [0.25, 0.3) is 5.65 Å². The standard InChI is InChI=1S/C12H14N5S/c1-15-3-2-11-16(4-5-17(11)15)7-10-6-9(8-18-10)12(13)14/h2-6,8H,7H2,1H3,(H3,13,14)/q+1. The van der Waals surface area contributed by atoms with Gasteiger partial charge in [0.1, 0.15) is 18.6 Å². The van der Waals surface area contributed by atoms with Gasteiger partial charge in [0.2, 0.25) is 0 Å². The van der Waals surface area contributed by atoms with E-state index in [1.54, 1.807) is 11.3 Å². The van der Waals surface area contributed by atoms with Gasteiger partial charge in [0, 0.05) is 35.1 Å². The predicted octanol–water partition coefficient (Wildman–Crippen LogP) is 0.959. The molecular formula is C12H14N5S+. The molecule has 3 aromatic heterocycles. The molecule has 92 valence electrons. The molecule has 0 aliphatic rings. The van der Waals surface area contributed by atoms with E-state index in [0.29, 0.717) is 0 Å². The number of fused-ring (bicyclic) bond motifs is 1. The van der Waals surface area contributed by atoms with Crippen LogP contribution in [0.5, 0.6) is 0 Å². The summed E-state index contributed by atoms with van der Waals surface area (Å²) in [7, 11) is 2.01.